The van der Waals surface area contributed by atoms with E-state index in [2.05, 4.69) is 24.0 Å². The zero-order valence-electron chi connectivity index (χ0n) is 11.1. The van der Waals surface area contributed by atoms with Crippen molar-refractivity contribution in [2.75, 3.05) is 12.1 Å². The van der Waals surface area contributed by atoms with Crippen LogP contribution < -0.4 is 11.4 Å². The Morgan fingerprint density at radius 3 is 2.37 bits per heavy atom. The van der Waals surface area contributed by atoms with Crippen LogP contribution >= 0.6 is 11.8 Å². The van der Waals surface area contributed by atoms with E-state index in [-0.39, 0.29) is 11.3 Å². The predicted octanol–water partition coefficient (Wildman–Crippen LogP) is 1.86. The second kappa shape index (κ2) is 5.44. The molecule has 100 valence electrons. The van der Waals surface area contributed by atoms with Gasteiger partial charge in [0.15, 0.2) is 5.69 Å². The van der Waals surface area contributed by atoms with Crippen LogP contribution in [-0.2, 0) is 0 Å². The third-order valence-corrected chi connectivity index (χ3v) is 3.54. The Hall–Kier alpha value is -1.82. The van der Waals surface area contributed by atoms with Gasteiger partial charge in [0.2, 0.25) is 5.16 Å². The molecule has 6 heteroatoms. The van der Waals surface area contributed by atoms with Gasteiger partial charge in [-0.25, -0.2) is 0 Å². The summed E-state index contributed by atoms with van der Waals surface area (Å²) in [5, 5.41) is 8.31. The van der Waals surface area contributed by atoms with Crippen molar-refractivity contribution >= 4 is 11.8 Å². The van der Waals surface area contributed by atoms with E-state index >= 15 is 0 Å². The van der Waals surface area contributed by atoms with Crippen molar-refractivity contribution in [3.05, 3.63) is 40.2 Å². The summed E-state index contributed by atoms with van der Waals surface area (Å²) in [7, 11) is 0. The van der Waals surface area contributed by atoms with Crippen LogP contribution in [0.15, 0.2) is 34.2 Å². The number of benzene rings is 1. The number of aromatic nitrogens is 3. The number of nitrogens with two attached hydrogens (primary N) is 1. The highest BCUT2D eigenvalue weighted by atomic mass is 32.2. The zero-order chi connectivity index (χ0) is 14.0. The molecule has 1 aromatic carbocycles. The molecule has 0 aliphatic rings. The molecule has 0 spiro atoms. The summed E-state index contributed by atoms with van der Waals surface area (Å²) < 4.78 is 1.03. The van der Waals surface area contributed by atoms with Crippen molar-refractivity contribution in [3.63, 3.8) is 0 Å². The Morgan fingerprint density at radius 2 is 1.84 bits per heavy atom. The first-order valence-corrected chi connectivity index (χ1v) is 7.16. The lowest BCUT2D eigenvalue weighted by Gasteiger charge is -2.08. The van der Waals surface area contributed by atoms with Gasteiger partial charge in [-0.1, -0.05) is 49.9 Å². The Kier molecular flexibility index (Phi) is 3.90. The quantitative estimate of drug-likeness (QED) is 0.684. The van der Waals surface area contributed by atoms with E-state index in [0.717, 1.165) is 10.2 Å². The fourth-order valence-electron chi connectivity index (χ4n) is 1.73. The number of rotatable bonds is 3. The van der Waals surface area contributed by atoms with Gasteiger partial charge in [0.25, 0.3) is 5.56 Å². The zero-order valence-corrected chi connectivity index (χ0v) is 11.9. The van der Waals surface area contributed by atoms with Crippen LogP contribution in [0.4, 0.5) is 0 Å². The van der Waals surface area contributed by atoms with Crippen molar-refractivity contribution in [2.45, 2.75) is 24.9 Å². The number of thioether (sulfide) groups is 1. The number of hydrogen-bond donors (Lipinski definition) is 1. The molecule has 2 rings (SSSR count). The molecule has 0 saturated heterocycles. The summed E-state index contributed by atoms with van der Waals surface area (Å²) >= 11 is 1.28. The minimum Gasteiger partial charge on any atom is -0.334 e. The normalized spacial score (nSPS) is 10.9. The molecule has 0 aliphatic heterocycles. The van der Waals surface area contributed by atoms with Crippen molar-refractivity contribution in [2.24, 2.45) is 0 Å². The van der Waals surface area contributed by atoms with Crippen molar-refractivity contribution in [1.82, 2.24) is 14.9 Å². The van der Waals surface area contributed by atoms with E-state index in [1.807, 2.05) is 24.3 Å². The number of nitrogens with zero attached hydrogens (tertiary/aromatic N) is 3. The molecule has 1 aromatic heterocycles. The fourth-order valence-corrected chi connectivity index (χ4v) is 2.13. The highest BCUT2D eigenvalue weighted by Gasteiger charge is 2.11. The first kappa shape index (κ1) is 13.6. The van der Waals surface area contributed by atoms with E-state index in [1.54, 1.807) is 6.26 Å². The summed E-state index contributed by atoms with van der Waals surface area (Å²) in [4.78, 5) is 12.1. The Bertz CT molecular complexity index is 634. The predicted molar refractivity (Wildman–Crippen MR) is 77.7 cm³/mol. The van der Waals surface area contributed by atoms with E-state index < -0.39 is 0 Å². The van der Waals surface area contributed by atoms with E-state index in [9.17, 15) is 4.79 Å². The standard InChI is InChI=1S/C13H16N4OS/c1-8(2)9-4-6-10(7-5-9)11-12(18)17(14)13(19-3)16-15-11/h4-8H,14H2,1-3H3. The molecule has 0 fully saturated rings. The van der Waals surface area contributed by atoms with Gasteiger partial charge in [-0.05, 0) is 17.7 Å². The Labute approximate surface area is 115 Å². The van der Waals surface area contributed by atoms with Crippen molar-refractivity contribution in [1.29, 1.82) is 0 Å². The topological polar surface area (TPSA) is 73.8 Å². The Morgan fingerprint density at radius 1 is 1.21 bits per heavy atom. The lowest BCUT2D eigenvalue weighted by atomic mass is 10.0. The van der Waals surface area contributed by atoms with Crippen LogP contribution in [0, 0.1) is 0 Å². The third kappa shape index (κ3) is 2.63. The molecule has 2 N–H and O–H groups in total. The first-order chi connectivity index (χ1) is 9.04. The van der Waals surface area contributed by atoms with Crippen LogP contribution in [0.5, 0.6) is 0 Å². The van der Waals surface area contributed by atoms with Gasteiger partial charge in [-0.3, -0.25) is 4.79 Å². The van der Waals surface area contributed by atoms with E-state index in [0.29, 0.717) is 11.1 Å². The van der Waals surface area contributed by atoms with Gasteiger partial charge in [0.1, 0.15) is 0 Å². The van der Waals surface area contributed by atoms with Gasteiger partial charge in [-0.15, -0.1) is 10.2 Å². The lowest BCUT2D eigenvalue weighted by molar-refractivity contribution is 0.705. The molecule has 0 bridgehead atoms. The molecule has 0 radical (unpaired) electrons. The summed E-state index contributed by atoms with van der Waals surface area (Å²) in [5.74, 6) is 6.14. The van der Waals surface area contributed by atoms with Crippen LogP contribution in [-0.4, -0.2) is 21.1 Å². The summed E-state index contributed by atoms with van der Waals surface area (Å²) in [6.07, 6.45) is 1.80. The highest BCUT2D eigenvalue weighted by molar-refractivity contribution is 7.98. The van der Waals surface area contributed by atoms with Gasteiger partial charge in [0, 0.05) is 5.56 Å². The number of hydrogen-bond acceptors (Lipinski definition) is 5. The molecule has 5 nitrogen and oxygen atoms in total. The molecule has 0 aliphatic carbocycles. The number of nitrogen functional groups attached to an aromatic ring is 1. The summed E-state index contributed by atoms with van der Waals surface area (Å²) in [6, 6.07) is 7.73. The monoisotopic (exact) mass is 276 g/mol. The molecule has 1 heterocycles. The third-order valence-electron chi connectivity index (χ3n) is 2.90. The molecule has 2 aromatic rings. The minimum absolute atomic E-state index is 0.274. The largest absolute Gasteiger partial charge is 0.334 e. The molecule has 0 saturated carbocycles. The van der Waals surface area contributed by atoms with Crippen LogP contribution in [0.1, 0.15) is 25.3 Å². The fraction of sp³-hybridized carbons (Fsp3) is 0.308. The van der Waals surface area contributed by atoms with Gasteiger partial charge < -0.3 is 5.84 Å². The molecule has 19 heavy (non-hydrogen) atoms. The van der Waals surface area contributed by atoms with E-state index in [4.69, 9.17) is 5.84 Å². The van der Waals surface area contributed by atoms with Crippen molar-refractivity contribution < 1.29 is 0 Å². The summed E-state index contributed by atoms with van der Waals surface area (Å²) in [5.41, 5.74) is 1.88. The maximum atomic E-state index is 12.1. The second-order valence-electron chi connectivity index (χ2n) is 4.49. The molecule has 0 unspecified atom stereocenters. The SMILES string of the molecule is CSc1nnc(-c2ccc(C(C)C)cc2)c(=O)n1N. The molecular weight excluding hydrogens is 260 g/mol. The van der Waals surface area contributed by atoms with E-state index in [1.165, 1.54) is 17.3 Å². The van der Waals surface area contributed by atoms with Crippen LogP contribution in [0.2, 0.25) is 0 Å². The Balaban J connectivity index is 2.48. The molecule has 0 atom stereocenters. The molecular formula is C13H16N4OS. The summed E-state index contributed by atoms with van der Waals surface area (Å²) in [6.45, 7) is 4.24. The minimum atomic E-state index is -0.336. The first-order valence-electron chi connectivity index (χ1n) is 5.93. The smallest absolute Gasteiger partial charge is 0.299 e. The van der Waals surface area contributed by atoms with Crippen LogP contribution in [0.3, 0.4) is 0 Å². The molecule has 0 amide bonds. The van der Waals surface area contributed by atoms with Gasteiger partial charge in [-0.2, -0.15) is 4.68 Å². The maximum Gasteiger partial charge on any atom is 0.299 e. The highest BCUT2D eigenvalue weighted by Crippen LogP contribution is 2.19. The van der Waals surface area contributed by atoms with Gasteiger partial charge >= 0.3 is 0 Å². The maximum absolute atomic E-state index is 12.1. The lowest BCUT2D eigenvalue weighted by Crippen LogP contribution is -2.31. The average Bonchev–Trinajstić information content (AvgIpc) is 2.42. The van der Waals surface area contributed by atoms with Crippen molar-refractivity contribution in [3.8, 4) is 11.3 Å². The van der Waals surface area contributed by atoms with Gasteiger partial charge in [0.05, 0.1) is 0 Å². The average molecular weight is 276 g/mol. The second-order valence-corrected chi connectivity index (χ2v) is 5.26. The van der Waals surface area contributed by atoms with Crippen LogP contribution in [0.25, 0.3) is 11.3 Å².